The molecule has 1 aromatic carbocycles. The van der Waals surface area contributed by atoms with Crippen molar-refractivity contribution in [3.63, 3.8) is 0 Å². The number of amides is 1. The zero-order valence-electron chi connectivity index (χ0n) is 20.6. The molecule has 2 aromatic rings. The number of rotatable bonds is 3. The Bertz CT molecular complexity index is 1390. The third kappa shape index (κ3) is 3.32. The SMILES string of the molecule is Cc1cc(-c2ccccn2)c2c(c1O)C(=O)C1C(=O)[C@]3(O)C(=O)C(C(N)=O)C(=O)[C@@H](N(C)C)[C@@H]3C[C@@H]1C2. The normalized spacial score (nSPS) is 31.1. The Balaban J connectivity index is 1.69. The van der Waals surface area contributed by atoms with Crippen molar-refractivity contribution in [1.29, 1.82) is 0 Å². The second-order valence-corrected chi connectivity index (χ2v) is 10.4. The zero-order chi connectivity index (χ0) is 27.0. The topological polar surface area (TPSA) is 168 Å². The van der Waals surface area contributed by atoms with Gasteiger partial charge in [0, 0.05) is 17.7 Å². The Hall–Kier alpha value is -3.76. The predicted octanol–water partition coefficient (Wildman–Crippen LogP) is 0.237. The Morgan fingerprint density at radius 2 is 1.86 bits per heavy atom. The van der Waals surface area contributed by atoms with E-state index in [-0.39, 0.29) is 24.2 Å². The second kappa shape index (κ2) is 8.39. The molecule has 0 aliphatic heterocycles. The van der Waals surface area contributed by atoms with Gasteiger partial charge in [-0.2, -0.15) is 0 Å². The molecule has 5 rings (SSSR count). The first-order chi connectivity index (χ1) is 17.4. The number of hydrogen-bond acceptors (Lipinski definition) is 9. The van der Waals surface area contributed by atoms with Gasteiger partial charge in [0.25, 0.3) is 0 Å². The summed E-state index contributed by atoms with van der Waals surface area (Å²) in [5.41, 5.74) is 4.73. The summed E-state index contributed by atoms with van der Waals surface area (Å²) in [5.74, 6) is -10.6. The van der Waals surface area contributed by atoms with Crippen LogP contribution in [0.1, 0.15) is 27.9 Å². The number of fused-ring (bicyclic) bond motifs is 3. The average molecular weight is 506 g/mol. The Morgan fingerprint density at radius 1 is 1.16 bits per heavy atom. The predicted molar refractivity (Wildman–Crippen MR) is 129 cm³/mol. The first-order valence-electron chi connectivity index (χ1n) is 12.0. The number of likely N-dealkylation sites (N-methyl/N-ethyl adjacent to an activating group) is 1. The van der Waals surface area contributed by atoms with E-state index in [9.17, 15) is 34.2 Å². The number of primary amides is 1. The van der Waals surface area contributed by atoms with Gasteiger partial charge in [0.15, 0.2) is 34.7 Å². The van der Waals surface area contributed by atoms with Crippen LogP contribution in [0.2, 0.25) is 0 Å². The number of hydrogen-bond donors (Lipinski definition) is 3. The summed E-state index contributed by atoms with van der Waals surface area (Å²) in [5, 5.41) is 22.5. The number of aliphatic hydroxyl groups is 1. The summed E-state index contributed by atoms with van der Waals surface area (Å²) >= 11 is 0. The second-order valence-electron chi connectivity index (χ2n) is 10.4. The Morgan fingerprint density at radius 3 is 2.46 bits per heavy atom. The number of aromatic hydroxyl groups is 1. The van der Waals surface area contributed by atoms with E-state index in [4.69, 9.17) is 5.73 Å². The smallest absolute Gasteiger partial charge is 0.235 e. The summed E-state index contributed by atoms with van der Waals surface area (Å²) in [6.45, 7) is 1.63. The van der Waals surface area contributed by atoms with Gasteiger partial charge in [-0.25, -0.2) is 0 Å². The van der Waals surface area contributed by atoms with E-state index in [1.807, 2.05) is 0 Å². The van der Waals surface area contributed by atoms with Gasteiger partial charge in [0.1, 0.15) is 5.75 Å². The highest BCUT2D eigenvalue weighted by Crippen LogP contribution is 2.52. The van der Waals surface area contributed by atoms with E-state index in [2.05, 4.69) is 4.98 Å². The molecule has 37 heavy (non-hydrogen) atoms. The maximum Gasteiger partial charge on any atom is 0.235 e. The summed E-state index contributed by atoms with van der Waals surface area (Å²) in [7, 11) is 3.10. The van der Waals surface area contributed by atoms with Gasteiger partial charge in [-0.1, -0.05) is 6.07 Å². The van der Waals surface area contributed by atoms with E-state index in [0.29, 0.717) is 22.4 Å². The van der Waals surface area contributed by atoms with E-state index < -0.39 is 64.4 Å². The van der Waals surface area contributed by atoms with Crippen molar-refractivity contribution in [2.45, 2.75) is 31.4 Å². The monoisotopic (exact) mass is 505 g/mol. The van der Waals surface area contributed by atoms with Crippen LogP contribution in [-0.2, 0) is 25.6 Å². The number of carbonyl (C=O) groups excluding carboxylic acids is 5. The molecule has 2 unspecified atom stereocenters. The number of ketones is 4. The van der Waals surface area contributed by atoms with Crippen molar-refractivity contribution >= 4 is 29.0 Å². The molecule has 0 bridgehead atoms. The van der Waals surface area contributed by atoms with Gasteiger partial charge in [-0.05, 0) is 69.1 Å². The number of phenols is 1. The molecular formula is C27H27N3O7. The number of aromatic nitrogens is 1. The van der Waals surface area contributed by atoms with Gasteiger partial charge in [-0.15, -0.1) is 0 Å². The Kier molecular flexibility index (Phi) is 5.65. The number of nitrogens with zero attached hydrogens (tertiary/aromatic N) is 2. The molecule has 4 N–H and O–H groups in total. The molecule has 10 heteroatoms. The van der Waals surface area contributed by atoms with Crippen LogP contribution in [0.5, 0.6) is 5.75 Å². The molecule has 2 fully saturated rings. The summed E-state index contributed by atoms with van der Waals surface area (Å²) < 4.78 is 0. The van der Waals surface area contributed by atoms with Crippen LogP contribution in [0.3, 0.4) is 0 Å². The molecule has 0 radical (unpaired) electrons. The zero-order valence-corrected chi connectivity index (χ0v) is 20.6. The number of phenolic OH excluding ortho intramolecular Hbond substituents is 1. The molecular weight excluding hydrogens is 478 g/mol. The van der Waals surface area contributed by atoms with E-state index in [1.54, 1.807) is 51.5 Å². The van der Waals surface area contributed by atoms with Gasteiger partial charge in [0.05, 0.1) is 23.2 Å². The van der Waals surface area contributed by atoms with E-state index in [1.165, 1.54) is 4.90 Å². The Labute approximate surface area is 212 Å². The highest BCUT2D eigenvalue weighted by atomic mass is 16.3. The summed E-state index contributed by atoms with van der Waals surface area (Å²) in [4.78, 5) is 72.1. The van der Waals surface area contributed by atoms with Gasteiger partial charge in [0.2, 0.25) is 5.91 Å². The number of Topliss-reactive ketones (excluding diaryl/α,β-unsaturated/α-hetero) is 4. The minimum atomic E-state index is -2.74. The molecule has 1 heterocycles. The number of aryl methyl sites for hydroxylation is 1. The minimum Gasteiger partial charge on any atom is -0.507 e. The first kappa shape index (κ1) is 24.9. The highest BCUT2D eigenvalue weighted by Gasteiger charge is 2.69. The molecule has 1 aromatic heterocycles. The fourth-order valence-corrected chi connectivity index (χ4v) is 6.56. The lowest BCUT2D eigenvalue weighted by atomic mass is 9.52. The van der Waals surface area contributed by atoms with Crippen LogP contribution in [0.25, 0.3) is 11.3 Å². The molecule has 192 valence electrons. The van der Waals surface area contributed by atoms with Crippen LogP contribution in [0.4, 0.5) is 0 Å². The first-order valence-corrected chi connectivity index (χ1v) is 12.0. The fraction of sp³-hybridized carbons (Fsp3) is 0.407. The van der Waals surface area contributed by atoms with E-state index >= 15 is 0 Å². The molecule has 3 aliphatic carbocycles. The third-order valence-electron chi connectivity index (χ3n) is 8.19. The summed E-state index contributed by atoms with van der Waals surface area (Å²) in [6.07, 6.45) is 1.80. The molecule has 0 spiro atoms. The van der Waals surface area contributed by atoms with Crippen LogP contribution < -0.4 is 5.73 Å². The molecule has 10 nitrogen and oxygen atoms in total. The van der Waals surface area contributed by atoms with Crippen molar-refractivity contribution < 1.29 is 34.2 Å². The molecule has 1 amide bonds. The fourth-order valence-electron chi connectivity index (χ4n) is 6.56. The van der Waals surface area contributed by atoms with Crippen molar-refractivity contribution in [2.24, 2.45) is 29.4 Å². The van der Waals surface area contributed by atoms with E-state index in [0.717, 1.165) is 0 Å². The van der Waals surface area contributed by atoms with Crippen molar-refractivity contribution in [3.05, 3.63) is 47.2 Å². The van der Waals surface area contributed by atoms with Gasteiger partial charge >= 0.3 is 0 Å². The lowest BCUT2D eigenvalue weighted by Gasteiger charge is -2.52. The molecule has 0 saturated heterocycles. The summed E-state index contributed by atoms with van der Waals surface area (Å²) in [6, 6.07) is 5.92. The van der Waals surface area contributed by atoms with Crippen LogP contribution in [0, 0.1) is 30.6 Å². The largest absolute Gasteiger partial charge is 0.507 e. The van der Waals surface area contributed by atoms with Crippen LogP contribution >= 0.6 is 0 Å². The van der Waals surface area contributed by atoms with Crippen molar-refractivity contribution in [1.82, 2.24) is 9.88 Å². The standard InChI is InChI=1S/C27H27N3O7/c1-11-8-13(16-6-4-5-7-29-16)14-9-12-10-15-20(30(2)3)23(33)19(26(28)36)25(35)27(15,37)24(34)17(12)22(32)18(14)21(11)31/h4-8,12,15,17,19-20,31,37H,9-10H2,1-3H3,(H2,28,36)/t12-,15-,17?,19?,20-,27-/m0/s1. The number of nitrogens with two attached hydrogens (primary N) is 1. The average Bonchev–Trinajstić information content (AvgIpc) is 2.83. The minimum absolute atomic E-state index is 0.000190. The van der Waals surface area contributed by atoms with Crippen LogP contribution in [0.15, 0.2) is 30.5 Å². The lowest BCUT2D eigenvalue weighted by Crippen LogP contribution is -2.74. The maximum absolute atomic E-state index is 13.9. The molecule has 2 saturated carbocycles. The number of pyridine rings is 1. The van der Waals surface area contributed by atoms with Gasteiger partial charge < -0.3 is 15.9 Å². The number of carbonyl (C=O) groups is 5. The van der Waals surface area contributed by atoms with Crippen molar-refractivity contribution in [2.75, 3.05) is 14.1 Å². The number of benzene rings is 1. The molecule has 6 atom stereocenters. The third-order valence-corrected chi connectivity index (χ3v) is 8.19. The lowest BCUT2D eigenvalue weighted by molar-refractivity contribution is -0.181. The van der Waals surface area contributed by atoms with Gasteiger partial charge in [-0.3, -0.25) is 33.9 Å². The van der Waals surface area contributed by atoms with Crippen molar-refractivity contribution in [3.8, 4) is 17.0 Å². The van der Waals surface area contributed by atoms with Crippen LogP contribution in [-0.4, -0.2) is 74.9 Å². The quantitative estimate of drug-likeness (QED) is 0.495. The highest BCUT2D eigenvalue weighted by molar-refractivity contribution is 6.32. The maximum atomic E-state index is 13.9. The molecule has 3 aliphatic rings.